The minimum atomic E-state index is -0.322. The number of para-hydroxylation sites is 4. The minimum Gasteiger partial charge on any atom is -0.310 e. The molecular weight excluding hydrogens is 1290 g/mol. The Bertz CT molecular complexity index is 5880. The summed E-state index contributed by atoms with van der Waals surface area (Å²) in [6.45, 7) is 20.8. The molecule has 5 heteroatoms. The zero-order chi connectivity index (χ0) is 72.6. The normalized spacial score (nSPS) is 12.9. The molecule has 0 saturated carbocycles. The average Bonchev–Trinajstić information content (AvgIpc) is 1.37. The van der Waals surface area contributed by atoms with Crippen molar-refractivity contribution in [1.82, 2.24) is 9.13 Å². The van der Waals surface area contributed by atoms with E-state index in [1.807, 2.05) is 0 Å². The summed E-state index contributed by atoms with van der Waals surface area (Å²) in [5.74, 6) is 0. The zero-order valence-electron chi connectivity index (χ0n) is 62.2. The molecule has 0 radical (unpaired) electrons. The van der Waals surface area contributed by atoms with E-state index >= 15 is 0 Å². The standard InChI is InChI=1S/C102H83BN4/c1-100(2,3)72-40-26-42-75(62-72)104-87-52-24-22-44-83(87)95-77(46-30-54-89(95)104)70-56-58-85-91(60-70)106(98-79(66-32-14-10-15-33-66)48-28-49-80(98)67-34-16-11-17-35-67)93-64-74(102(7,8)9)65-94-97(93)103(85)86-59-57-71(61-92(86)107(94)99-81(68-36-18-12-19-37-68)50-29-51-82(99)69-38-20-13-21-39-69)78-47-31-55-90-96(78)84-45-23-25-53-88(84)105(90)76-43-27-41-73(63-76)101(4,5)6/h10-65H,1-9H3. The van der Waals surface area contributed by atoms with E-state index in [2.05, 4.69) is 421 Å². The summed E-state index contributed by atoms with van der Waals surface area (Å²) in [6.07, 6.45) is 0. The molecule has 2 aliphatic heterocycles. The highest BCUT2D eigenvalue weighted by Crippen LogP contribution is 2.55. The van der Waals surface area contributed by atoms with Gasteiger partial charge in [-0.2, -0.15) is 0 Å². The number of benzene rings is 15. The summed E-state index contributed by atoms with van der Waals surface area (Å²) >= 11 is 0. The number of rotatable bonds is 10. The van der Waals surface area contributed by atoms with E-state index in [9.17, 15) is 0 Å². The highest BCUT2D eigenvalue weighted by atomic mass is 15.2. The molecule has 514 valence electrons. The molecule has 0 spiro atoms. The first-order valence-electron chi connectivity index (χ1n) is 37.8. The second-order valence-corrected chi connectivity index (χ2v) is 32.4. The van der Waals surface area contributed by atoms with Gasteiger partial charge in [0.15, 0.2) is 0 Å². The highest BCUT2D eigenvalue weighted by molar-refractivity contribution is 7.00. The molecule has 0 bridgehead atoms. The Morgan fingerprint density at radius 3 is 0.916 bits per heavy atom. The summed E-state index contributed by atoms with van der Waals surface area (Å²) in [5.41, 5.74) is 34.9. The van der Waals surface area contributed by atoms with Crippen LogP contribution >= 0.6 is 0 Å². The van der Waals surface area contributed by atoms with E-state index < -0.39 is 0 Å². The lowest BCUT2D eigenvalue weighted by molar-refractivity contribution is 0.589. The Hall–Kier alpha value is -12.4. The van der Waals surface area contributed by atoms with Gasteiger partial charge in [0.05, 0.1) is 33.4 Å². The van der Waals surface area contributed by atoms with Gasteiger partial charge < -0.3 is 18.9 Å². The van der Waals surface area contributed by atoms with Gasteiger partial charge in [0.25, 0.3) is 6.71 Å². The molecular formula is C102H83BN4. The SMILES string of the molecule is CC(C)(C)c1cccc(-n2c3ccccc3c3c(-c4ccc5c(c4)N(c4c(-c6ccccc6)cccc4-c4ccccc4)c4cc(C(C)(C)C)cc6c4B5c4ccc(-c5cccc7c5c5ccccc5n7-c5cccc(C(C)(C)C)c5)cc4N6c4c(-c5ccccc5)cccc4-c4ccccc4)cccc32)c1. The molecule has 107 heavy (non-hydrogen) atoms. The van der Waals surface area contributed by atoms with Gasteiger partial charge in [-0.1, -0.05) is 329 Å². The lowest BCUT2D eigenvalue weighted by atomic mass is 9.33. The summed E-state index contributed by atoms with van der Waals surface area (Å²) in [5, 5.41) is 4.90. The topological polar surface area (TPSA) is 16.3 Å². The van der Waals surface area contributed by atoms with Crippen LogP contribution in [0, 0.1) is 0 Å². The van der Waals surface area contributed by atoms with Crippen LogP contribution < -0.4 is 26.2 Å². The molecule has 4 heterocycles. The van der Waals surface area contributed by atoms with E-state index in [-0.39, 0.29) is 23.0 Å². The number of fused-ring (bicyclic) bond motifs is 10. The Morgan fingerprint density at radius 1 is 0.234 bits per heavy atom. The lowest BCUT2D eigenvalue weighted by Gasteiger charge is -2.46. The number of hydrogen-bond donors (Lipinski definition) is 0. The van der Waals surface area contributed by atoms with E-state index in [0.717, 1.165) is 101 Å². The molecule has 17 aromatic rings. The van der Waals surface area contributed by atoms with Gasteiger partial charge in [-0.25, -0.2) is 0 Å². The van der Waals surface area contributed by atoms with E-state index in [1.54, 1.807) is 0 Å². The van der Waals surface area contributed by atoms with Crippen LogP contribution in [0.15, 0.2) is 340 Å². The summed E-state index contributed by atoms with van der Waals surface area (Å²) in [7, 11) is 0. The van der Waals surface area contributed by atoms with Crippen LogP contribution in [0.25, 0.3) is 122 Å². The molecule has 0 amide bonds. The van der Waals surface area contributed by atoms with Crippen molar-refractivity contribution in [2.45, 2.75) is 78.6 Å². The quantitative estimate of drug-likeness (QED) is 0.127. The predicted octanol–water partition coefficient (Wildman–Crippen LogP) is 25.9. The second kappa shape index (κ2) is 25.1. The van der Waals surface area contributed by atoms with Crippen molar-refractivity contribution >= 4 is 101 Å². The van der Waals surface area contributed by atoms with Crippen molar-refractivity contribution in [3.05, 3.63) is 356 Å². The average molecular weight is 1380 g/mol. The Balaban J connectivity index is 0.945. The first-order chi connectivity index (χ1) is 52.0. The van der Waals surface area contributed by atoms with Gasteiger partial charge in [0.2, 0.25) is 0 Å². The van der Waals surface area contributed by atoms with Crippen LogP contribution in [0.2, 0.25) is 0 Å². The van der Waals surface area contributed by atoms with Crippen molar-refractivity contribution in [3.63, 3.8) is 0 Å². The Kier molecular flexibility index (Phi) is 15.4. The molecule has 0 fully saturated rings. The number of anilines is 6. The minimum absolute atomic E-state index is 0.0318. The maximum absolute atomic E-state index is 2.71. The van der Waals surface area contributed by atoms with E-state index in [1.165, 1.54) is 87.8 Å². The van der Waals surface area contributed by atoms with Gasteiger partial charge in [0.1, 0.15) is 0 Å². The van der Waals surface area contributed by atoms with E-state index in [4.69, 9.17) is 0 Å². The van der Waals surface area contributed by atoms with Crippen molar-refractivity contribution < 1.29 is 0 Å². The third-order valence-electron chi connectivity index (χ3n) is 22.8. The summed E-state index contributed by atoms with van der Waals surface area (Å²) in [4.78, 5) is 5.42. The second-order valence-electron chi connectivity index (χ2n) is 32.4. The molecule has 19 rings (SSSR count). The van der Waals surface area contributed by atoms with Gasteiger partial charge in [-0.15, -0.1) is 0 Å². The monoisotopic (exact) mass is 1370 g/mol. The maximum atomic E-state index is 2.71. The Labute approximate surface area is 628 Å². The predicted molar refractivity (Wildman–Crippen MR) is 458 cm³/mol. The first-order valence-corrected chi connectivity index (χ1v) is 37.8. The summed E-state index contributed by atoms with van der Waals surface area (Å²) < 4.78 is 4.98. The van der Waals surface area contributed by atoms with Gasteiger partial charge in [-0.05, 0) is 167 Å². The number of nitrogens with zero attached hydrogens (tertiary/aromatic N) is 4. The van der Waals surface area contributed by atoms with Crippen LogP contribution in [0.3, 0.4) is 0 Å². The third-order valence-corrected chi connectivity index (χ3v) is 22.8. The molecule has 15 aromatic carbocycles. The maximum Gasteiger partial charge on any atom is 0.252 e. The van der Waals surface area contributed by atoms with Gasteiger partial charge >= 0.3 is 0 Å². The molecule has 0 aliphatic carbocycles. The smallest absolute Gasteiger partial charge is 0.252 e. The van der Waals surface area contributed by atoms with Crippen LogP contribution in [0.1, 0.15) is 79.0 Å². The van der Waals surface area contributed by atoms with E-state index in [0.29, 0.717) is 0 Å². The van der Waals surface area contributed by atoms with Crippen LogP contribution in [0.4, 0.5) is 34.1 Å². The number of hydrogen-bond acceptors (Lipinski definition) is 2. The molecule has 4 nitrogen and oxygen atoms in total. The first kappa shape index (κ1) is 65.3. The highest BCUT2D eigenvalue weighted by Gasteiger charge is 2.46. The summed E-state index contributed by atoms with van der Waals surface area (Å²) in [6, 6.07) is 129. The fraction of sp³-hybridized carbons (Fsp3) is 0.118. The zero-order valence-corrected chi connectivity index (χ0v) is 62.2. The van der Waals surface area contributed by atoms with Crippen LogP contribution in [-0.2, 0) is 16.2 Å². The Morgan fingerprint density at radius 2 is 0.551 bits per heavy atom. The molecule has 2 aliphatic rings. The van der Waals surface area contributed by atoms with Crippen LogP contribution in [0.5, 0.6) is 0 Å². The fourth-order valence-electron chi connectivity index (χ4n) is 17.5. The van der Waals surface area contributed by atoms with Crippen molar-refractivity contribution in [2.24, 2.45) is 0 Å². The van der Waals surface area contributed by atoms with Crippen LogP contribution in [-0.4, -0.2) is 15.8 Å². The molecule has 0 saturated heterocycles. The fourth-order valence-corrected chi connectivity index (χ4v) is 17.5. The lowest BCUT2D eigenvalue weighted by Crippen LogP contribution is -2.61. The van der Waals surface area contributed by atoms with Crippen molar-refractivity contribution in [2.75, 3.05) is 9.80 Å². The molecule has 0 unspecified atom stereocenters. The van der Waals surface area contributed by atoms with Gasteiger partial charge in [0, 0.05) is 77.9 Å². The van der Waals surface area contributed by atoms with Crippen molar-refractivity contribution in [3.8, 4) is 78.1 Å². The van der Waals surface area contributed by atoms with Gasteiger partial charge in [-0.3, -0.25) is 0 Å². The molecule has 0 atom stereocenters. The molecule has 2 aromatic heterocycles. The largest absolute Gasteiger partial charge is 0.310 e. The third kappa shape index (κ3) is 10.8. The number of aromatic nitrogens is 2. The molecule has 0 N–H and O–H groups in total. The van der Waals surface area contributed by atoms with Crippen molar-refractivity contribution in [1.29, 1.82) is 0 Å².